The van der Waals surface area contributed by atoms with Gasteiger partial charge in [0.1, 0.15) is 0 Å². The monoisotopic (exact) mass is 607 g/mol. The molecule has 0 saturated carbocycles. The summed E-state index contributed by atoms with van der Waals surface area (Å²) < 4.78 is 0. The van der Waals surface area contributed by atoms with Gasteiger partial charge in [0.25, 0.3) is 0 Å². The van der Waals surface area contributed by atoms with Gasteiger partial charge in [0, 0.05) is 39.8 Å². The van der Waals surface area contributed by atoms with Gasteiger partial charge in [-0.2, -0.15) is 0 Å². The van der Waals surface area contributed by atoms with Crippen LogP contribution >= 0.6 is 0 Å². The number of aryl methyl sites for hydroxylation is 4. The standard InChI is InChI=1S/2C14H12N2O4.Cu/c2*1-7-3-9(13(17)18)5-11(15-7)12-6-10(14(19)20)4-8(2)16-12;/h2*3-6H,1-2H3,(H,17,18)(H,19,20);. The van der Waals surface area contributed by atoms with Crippen molar-refractivity contribution in [3.05, 3.63) is 93.6 Å². The average molecular weight is 608 g/mol. The van der Waals surface area contributed by atoms with E-state index in [4.69, 9.17) is 20.4 Å². The summed E-state index contributed by atoms with van der Waals surface area (Å²) in [6.45, 7) is 6.68. The molecule has 0 aliphatic heterocycles. The number of rotatable bonds is 6. The number of hydrogen-bond donors (Lipinski definition) is 4. The van der Waals surface area contributed by atoms with E-state index < -0.39 is 23.9 Å². The second-order valence-corrected chi connectivity index (χ2v) is 8.75. The number of hydrogen-bond acceptors (Lipinski definition) is 8. The number of carboxylic acids is 4. The minimum atomic E-state index is -1.07. The Balaban J connectivity index is 0.000000280. The maximum absolute atomic E-state index is 11.0. The van der Waals surface area contributed by atoms with Gasteiger partial charge in [-0.1, -0.05) is 0 Å². The van der Waals surface area contributed by atoms with Gasteiger partial charge in [-0.25, -0.2) is 19.2 Å². The second-order valence-electron chi connectivity index (χ2n) is 8.75. The van der Waals surface area contributed by atoms with Crippen LogP contribution in [0, 0.1) is 27.7 Å². The quantitative estimate of drug-likeness (QED) is 0.227. The Labute approximate surface area is 244 Å². The zero-order chi connectivity index (χ0) is 29.7. The van der Waals surface area contributed by atoms with Crippen molar-refractivity contribution in [2.45, 2.75) is 27.7 Å². The van der Waals surface area contributed by atoms with Crippen LogP contribution in [0.4, 0.5) is 0 Å². The molecule has 0 aromatic carbocycles. The van der Waals surface area contributed by atoms with Crippen LogP contribution in [-0.4, -0.2) is 64.2 Å². The molecule has 0 amide bonds. The molecule has 4 heterocycles. The number of aromatic nitrogens is 4. The van der Waals surface area contributed by atoms with E-state index in [1.807, 2.05) is 0 Å². The molecule has 13 heteroatoms. The third-order valence-corrected chi connectivity index (χ3v) is 5.33. The van der Waals surface area contributed by atoms with Crippen LogP contribution in [0.5, 0.6) is 0 Å². The van der Waals surface area contributed by atoms with Crippen molar-refractivity contribution in [2.75, 3.05) is 0 Å². The van der Waals surface area contributed by atoms with Crippen molar-refractivity contribution >= 4 is 23.9 Å². The maximum Gasteiger partial charge on any atom is 0.335 e. The van der Waals surface area contributed by atoms with Crippen LogP contribution in [-0.2, 0) is 17.1 Å². The van der Waals surface area contributed by atoms with Crippen LogP contribution in [0.2, 0.25) is 0 Å². The van der Waals surface area contributed by atoms with E-state index in [1.165, 1.54) is 48.5 Å². The molecule has 0 saturated heterocycles. The molecule has 4 rings (SSSR count). The first-order valence-electron chi connectivity index (χ1n) is 11.6. The van der Waals surface area contributed by atoms with E-state index in [0.717, 1.165) is 0 Å². The van der Waals surface area contributed by atoms with E-state index in [2.05, 4.69) is 19.9 Å². The molecule has 0 aliphatic rings. The SMILES string of the molecule is Cc1cc(C(=O)O)cc(-c2cc(C(=O)O)cc(C)n2)n1.Cc1cc(C(=O)O)cc(-c2cc(C(=O)O)cc(C)n2)n1.[Cu]. The van der Waals surface area contributed by atoms with E-state index in [-0.39, 0.29) is 39.3 Å². The Morgan fingerprint density at radius 1 is 0.415 bits per heavy atom. The van der Waals surface area contributed by atoms with E-state index in [9.17, 15) is 19.2 Å². The van der Waals surface area contributed by atoms with Gasteiger partial charge >= 0.3 is 23.9 Å². The summed E-state index contributed by atoms with van der Waals surface area (Å²) >= 11 is 0. The van der Waals surface area contributed by atoms with Crippen LogP contribution in [0.3, 0.4) is 0 Å². The predicted octanol–water partition coefficient (Wildman–Crippen LogP) is 4.31. The minimum absolute atomic E-state index is 0. The molecule has 215 valence electrons. The summed E-state index contributed by atoms with van der Waals surface area (Å²) in [5, 5.41) is 36.1. The first-order valence-corrected chi connectivity index (χ1v) is 11.6. The van der Waals surface area contributed by atoms with Crippen molar-refractivity contribution in [1.29, 1.82) is 0 Å². The summed E-state index contributed by atoms with van der Waals surface area (Å²) in [6.07, 6.45) is 0. The maximum atomic E-state index is 11.0. The number of aromatic carboxylic acids is 4. The molecular weight excluding hydrogens is 584 g/mol. The molecule has 12 nitrogen and oxygen atoms in total. The van der Waals surface area contributed by atoms with Crippen LogP contribution in [0.25, 0.3) is 22.8 Å². The Bertz CT molecular complexity index is 1430. The molecule has 41 heavy (non-hydrogen) atoms. The molecule has 4 aromatic heterocycles. The summed E-state index contributed by atoms with van der Waals surface area (Å²) in [5.41, 5.74) is 3.84. The van der Waals surface area contributed by atoms with Crippen molar-refractivity contribution in [2.24, 2.45) is 0 Å². The minimum Gasteiger partial charge on any atom is -0.478 e. The zero-order valence-electron chi connectivity index (χ0n) is 22.1. The fourth-order valence-corrected chi connectivity index (χ4v) is 3.69. The number of carbonyl (C=O) groups is 4. The molecular formula is C28H24CuN4O8. The van der Waals surface area contributed by atoms with Crippen LogP contribution in [0.1, 0.15) is 64.2 Å². The number of carboxylic acid groups (broad SMARTS) is 4. The molecule has 0 fully saturated rings. The number of pyridine rings is 4. The van der Waals surface area contributed by atoms with Crippen LogP contribution < -0.4 is 0 Å². The van der Waals surface area contributed by atoms with Gasteiger partial charge in [0.15, 0.2) is 0 Å². The van der Waals surface area contributed by atoms with Gasteiger partial charge in [-0.05, 0) is 76.2 Å². The molecule has 0 unspecified atom stereocenters. The average Bonchev–Trinajstić information content (AvgIpc) is 2.87. The first-order chi connectivity index (χ1) is 18.7. The van der Waals surface area contributed by atoms with Gasteiger partial charge in [-0.3, -0.25) is 19.9 Å². The predicted molar refractivity (Wildman–Crippen MR) is 142 cm³/mol. The summed E-state index contributed by atoms with van der Waals surface area (Å²) in [4.78, 5) is 61.0. The largest absolute Gasteiger partial charge is 0.478 e. The summed E-state index contributed by atoms with van der Waals surface area (Å²) in [7, 11) is 0. The first kappa shape index (κ1) is 32.2. The van der Waals surface area contributed by atoms with Gasteiger partial charge in [-0.15, -0.1) is 0 Å². The second kappa shape index (κ2) is 13.4. The fourth-order valence-electron chi connectivity index (χ4n) is 3.69. The van der Waals surface area contributed by atoms with Crippen LogP contribution in [0.15, 0.2) is 48.5 Å². The van der Waals surface area contributed by atoms with E-state index in [1.54, 1.807) is 27.7 Å². The van der Waals surface area contributed by atoms with Gasteiger partial charge < -0.3 is 20.4 Å². The Kier molecular flexibility index (Phi) is 10.5. The molecule has 0 spiro atoms. The number of nitrogens with zero attached hydrogens (tertiary/aromatic N) is 4. The molecule has 0 bridgehead atoms. The fraction of sp³-hybridized carbons (Fsp3) is 0.143. The van der Waals surface area contributed by atoms with Gasteiger partial charge in [0.2, 0.25) is 0 Å². The smallest absolute Gasteiger partial charge is 0.335 e. The normalized spacial score (nSPS) is 10.0. The van der Waals surface area contributed by atoms with Gasteiger partial charge in [0.05, 0.1) is 45.0 Å². The summed E-state index contributed by atoms with van der Waals surface area (Å²) in [5.74, 6) is -4.27. The van der Waals surface area contributed by atoms with Crippen molar-refractivity contribution in [1.82, 2.24) is 19.9 Å². The van der Waals surface area contributed by atoms with Crippen molar-refractivity contribution in [3.63, 3.8) is 0 Å². The van der Waals surface area contributed by atoms with Crippen molar-refractivity contribution in [3.8, 4) is 22.8 Å². The topological polar surface area (TPSA) is 201 Å². The third-order valence-electron chi connectivity index (χ3n) is 5.33. The Hall–Kier alpha value is -5.00. The molecule has 0 aliphatic carbocycles. The zero-order valence-corrected chi connectivity index (χ0v) is 23.1. The molecule has 4 N–H and O–H groups in total. The van der Waals surface area contributed by atoms with E-state index in [0.29, 0.717) is 45.6 Å². The molecule has 0 atom stereocenters. The van der Waals surface area contributed by atoms with Crippen molar-refractivity contribution < 1.29 is 56.7 Å². The van der Waals surface area contributed by atoms with E-state index >= 15 is 0 Å². The molecule has 1 radical (unpaired) electrons. The Morgan fingerprint density at radius 3 is 0.732 bits per heavy atom. The summed E-state index contributed by atoms with van der Waals surface area (Å²) in [6, 6.07) is 11.3. The molecule has 4 aromatic rings. The Morgan fingerprint density at radius 2 is 0.585 bits per heavy atom. The third kappa shape index (κ3) is 8.49.